The third-order valence-corrected chi connectivity index (χ3v) is 5.91. The molecule has 1 aromatic rings. The Kier molecular flexibility index (Phi) is 8.54. The van der Waals surface area contributed by atoms with Crippen molar-refractivity contribution in [1.29, 1.82) is 5.26 Å². The van der Waals surface area contributed by atoms with Gasteiger partial charge in [-0.25, -0.2) is 0 Å². The van der Waals surface area contributed by atoms with Crippen molar-refractivity contribution in [3.8, 4) is 6.07 Å². The lowest BCUT2D eigenvalue weighted by Crippen LogP contribution is -2.61. The van der Waals surface area contributed by atoms with Crippen LogP contribution in [0.1, 0.15) is 17.9 Å². The summed E-state index contributed by atoms with van der Waals surface area (Å²) in [6.45, 7) is -1.04. The fourth-order valence-electron chi connectivity index (χ4n) is 3.94. The van der Waals surface area contributed by atoms with Gasteiger partial charge in [0.05, 0.1) is 31.3 Å². The number of ether oxygens (including phenoxy) is 3. The molecule has 1 aromatic carbocycles. The Morgan fingerprint density at radius 3 is 2.03 bits per heavy atom. The molecular weight excluding hydrogens is 426 g/mol. The maximum absolute atomic E-state index is 10.4. The van der Waals surface area contributed by atoms with E-state index in [-0.39, 0.29) is 6.42 Å². The first kappa shape index (κ1) is 24.9. The molecule has 2 aliphatic heterocycles. The quantitative estimate of drug-likeness (QED) is 0.227. The average molecular weight is 455 g/mol. The highest BCUT2D eigenvalue weighted by Gasteiger charge is 2.47. The smallest absolute Gasteiger partial charge is 0.186 e. The fourth-order valence-corrected chi connectivity index (χ4v) is 3.94. The predicted octanol–water partition coefficient (Wildman–Crippen LogP) is -2.65. The standard InChI is InChI=1S/C21H29NO10/c22-7-11(10-4-2-1-3-5-10)6-12-15(24)18(27)17(26)14(31-12)9-30-21-20(29)19(28)16(25)13(8-23)32-21/h1-5,11-21,23-29H,6,8-9H2/t11-,12-,13?,14?,15?,16+,17+,18?,19?,20?,21+/m0/s1. The molecule has 7 N–H and O–H groups in total. The van der Waals surface area contributed by atoms with Gasteiger partial charge < -0.3 is 50.0 Å². The zero-order valence-electron chi connectivity index (χ0n) is 17.2. The summed E-state index contributed by atoms with van der Waals surface area (Å²) in [7, 11) is 0. The van der Waals surface area contributed by atoms with E-state index in [0.717, 1.165) is 0 Å². The molecule has 32 heavy (non-hydrogen) atoms. The van der Waals surface area contributed by atoms with Crippen LogP contribution in [0.25, 0.3) is 0 Å². The van der Waals surface area contributed by atoms with Crippen molar-refractivity contribution in [2.75, 3.05) is 13.2 Å². The van der Waals surface area contributed by atoms with Crippen LogP contribution in [-0.2, 0) is 14.2 Å². The minimum atomic E-state index is -1.64. The van der Waals surface area contributed by atoms with Gasteiger partial charge in [0.15, 0.2) is 6.29 Å². The van der Waals surface area contributed by atoms with E-state index in [1.165, 1.54) is 0 Å². The summed E-state index contributed by atoms with van der Waals surface area (Å²) in [5.41, 5.74) is 0.709. The van der Waals surface area contributed by atoms with E-state index in [4.69, 9.17) is 14.2 Å². The minimum absolute atomic E-state index is 0.0437. The molecule has 2 saturated heterocycles. The number of hydrogen-bond acceptors (Lipinski definition) is 11. The maximum Gasteiger partial charge on any atom is 0.186 e. The summed E-state index contributed by atoms with van der Waals surface area (Å²) < 4.78 is 16.4. The Balaban J connectivity index is 1.65. The molecule has 178 valence electrons. The van der Waals surface area contributed by atoms with Gasteiger partial charge in [0.2, 0.25) is 0 Å². The van der Waals surface area contributed by atoms with Crippen LogP contribution in [0.15, 0.2) is 30.3 Å². The van der Waals surface area contributed by atoms with E-state index < -0.39 is 80.4 Å². The first-order valence-electron chi connectivity index (χ1n) is 10.3. The van der Waals surface area contributed by atoms with Crippen molar-refractivity contribution >= 4 is 0 Å². The van der Waals surface area contributed by atoms with Gasteiger partial charge in [-0.3, -0.25) is 0 Å². The van der Waals surface area contributed by atoms with Gasteiger partial charge in [-0.1, -0.05) is 30.3 Å². The molecule has 0 radical (unpaired) electrons. The molecule has 0 bridgehead atoms. The van der Waals surface area contributed by atoms with Crippen molar-refractivity contribution in [2.45, 2.75) is 73.6 Å². The van der Waals surface area contributed by atoms with Crippen LogP contribution in [0.4, 0.5) is 0 Å². The van der Waals surface area contributed by atoms with Crippen LogP contribution < -0.4 is 0 Å². The minimum Gasteiger partial charge on any atom is -0.394 e. The highest BCUT2D eigenvalue weighted by Crippen LogP contribution is 2.30. The summed E-state index contributed by atoms with van der Waals surface area (Å²) in [4.78, 5) is 0. The third kappa shape index (κ3) is 5.27. The number of aliphatic hydroxyl groups excluding tert-OH is 7. The molecule has 0 spiro atoms. The number of hydrogen-bond donors (Lipinski definition) is 7. The van der Waals surface area contributed by atoms with Gasteiger partial charge in [-0.2, -0.15) is 5.26 Å². The second-order valence-corrected chi connectivity index (χ2v) is 8.04. The van der Waals surface area contributed by atoms with Crippen molar-refractivity contribution in [2.24, 2.45) is 0 Å². The molecule has 2 heterocycles. The Hall–Kier alpha value is -1.69. The Labute approximate surface area is 184 Å². The van der Waals surface area contributed by atoms with Gasteiger partial charge in [-0.15, -0.1) is 0 Å². The van der Waals surface area contributed by atoms with Gasteiger partial charge in [0, 0.05) is 0 Å². The first-order chi connectivity index (χ1) is 15.3. The molecule has 0 aromatic heterocycles. The van der Waals surface area contributed by atoms with Crippen molar-refractivity contribution in [1.82, 2.24) is 0 Å². The zero-order chi connectivity index (χ0) is 23.4. The van der Waals surface area contributed by atoms with Gasteiger partial charge >= 0.3 is 0 Å². The highest BCUT2D eigenvalue weighted by atomic mass is 16.7. The number of benzene rings is 1. The summed E-state index contributed by atoms with van der Waals surface area (Å²) in [6.07, 6.45) is -14.1. The molecule has 0 aliphatic carbocycles. The molecular formula is C21H29NO10. The lowest BCUT2D eigenvalue weighted by molar-refractivity contribution is -0.314. The lowest BCUT2D eigenvalue weighted by atomic mass is 9.87. The van der Waals surface area contributed by atoms with E-state index >= 15 is 0 Å². The summed E-state index contributed by atoms with van der Waals surface area (Å²) in [5, 5.41) is 79.5. The number of aliphatic hydroxyl groups is 7. The monoisotopic (exact) mass is 455 g/mol. The largest absolute Gasteiger partial charge is 0.394 e. The van der Waals surface area contributed by atoms with Crippen LogP contribution in [0.2, 0.25) is 0 Å². The average Bonchev–Trinajstić information content (AvgIpc) is 2.81. The second-order valence-electron chi connectivity index (χ2n) is 8.04. The normalized spacial score (nSPS) is 41.1. The SMILES string of the molecule is N#C[C@H](C[C@@H]1OC(CO[C@@H]2OC(CO)[C@@H](O)C(O)C2O)[C@@H](O)C(O)C1O)c1ccccc1. The lowest BCUT2D eigenvalue weighted by Gasteiger charge is -2.43. The molecule has 11 atom stereocenters. The van der Waals surface area contributed by atoms with Crippen molar-refractivity contribution in [3.05, 3.63) is 35.9 Å². The van der Waals surface area contributed by atoms with Crippen LogP contribution in [0, 0.1) is 11.3 Å². The second kappa shape index (κ2) is 11.0. The summed E-state index contributed by atoms with van der Waals surface area (Å²) >= 11 is 0. The van der Waals surface area contributed by atoms with Gasteiger partial charge in [-0.05, 0) is 12.0 Å². The predicted molar refractivity (Wildman–Crippen MR) is 106 cm³/mol. The molecule has 6 unspecified atom stereocenters. The summed E-state index contributed by atoms with van der Waals surface area (Å²) in [6, 6.07) is 11.0. The molecule has 0 saturated carbocycles. The molecule has 3 rings (SSSR count). The first-order valence-corrected chi connectivity index (χ1v) is 10.3. The Morgan fingerprint density at radius 1 is 0.812 bits per heavy atom. The molecule has 11 heteroatoms. The Bertz CT molecular complexity index is 759. The molecule has 2 aliphatic rings. The van der Waals surface area contributed by atoms with Crippen LogP contribution >= 0.6 is 0 Å². The Morgan fingerprint density at radius 2 is 1.41 bits per heavy atom. The van der Waals surface area contributed by atoms with E-state index in [2.05, 4.69) is 6.07 Å². The highest BCUT2D eigenvalue weighted by molar-refractivity contribution is 5.25. The van der Waals surface area contributed by atoms with Gasteiger partial charge in [0.25, 0.3) is 0 Å². The van der Waals surface area contributed by atoms with Crippen molar-refractivity contribution in [3.63, 3.8) is 0 Å². The number of rotatable bonds is 7. The van der Waals surface area contributed by atoms with Gasteiger partial charge in [0.1, 0.15) is 48.8 Å². The van der Waals surface area contributed by atoms with Crippen molar-refractivity contribution < 1.29 is 50.0 Å². The third-order valence-electron chi connectivity index (χ3n) is 5.91. The van der Waals surface area contributed by atoms with Crippen LogP contribution in [-0.4, -0.2) is 110 Å². The number of nitrogens with zero attached hydrogens (tertiary/aromatic N) is 1. The van der Waals surface area contributed by atoms with E-state index in [1.807, 2.05) is 0 Å². The number of nitriles is 1. The van der Waals surface area contributed by atoms with E-state index in [0.29, 0.717) is 5.56 Å². The topological polar surface area (TPSA) is 193 Å². The maximum atomic E-state index is 10.4. The van der Waals surface area contributed by atoms with E-state index in [9.17, 15) is 41.0 Å². The van der Waals surface area contributed by atoms with Crippen LogP contribution in [0.5, 0.6) is 0 Å². The molecule has 2 fully saturated rings. The molecule has 0 amide bonds. The molecule has 11 nitrogen and oxygen atoms in total. The summed E-state index contributed by atoms with van der Waals surface area (Å²) in [5.74, 6) is -0.634. The zero-order valence-corrected chi connectivity index (χ0v) is 17.2. The van der Waals surface area contributed by atoms with Crippen LogP contribution in [0.3, 0.4) is 0 Å². The van der Waals surface area contributed by atoms with E-state index in [1.54, 1.807) is 30.3 Å². The fraction of sp³-hybridized carbons (Fsp3) is 0.667.